The van der Waals surface area contributed by atoms with Gasteiger partial charge in [0.15, 0.2) is 5.65 Å². The SMILES string of the molecule is O=c1ncc2cccn2c2ncncc12. The maximum Gasteiger partial charge on any atom is 0.282 e. The van der Waals surface area contributed by atoms with E-state index in [-0.39, 0.29) is 5.56 Å². The Morgan fingerprint density at radius 2 is 2.13 bits per heavy atom. The highest BCUT2D eigenvalue weighted by Gasteiger charge is 2.02. The smallest absolute Gasteiger partial charge is 0.282 e. The Morgan fingerprint density at radius 3 is 3.07 bits per heavy atom. The lowest BCUT2D eigenvalue weighted by atomic mass is 10.4. The van der Waals surface area contributed by atoms with Crippen molar-refractivity contribution in [2.45, 2.75) is 0 Å². The zero-order chi connectivity index (χ0) is 10.3. The van der Waals surface area contributed by atoms with Crippen molar-refractivity contribution in [2.75, 3.05) is 0 Å². The molecule has 0 saturated heterocycles. The molecule has 0 radical (unpaired) electrons. The molecule has 3 heterocycles. The molecule has 0 saturated carbocycles. The van der Waals surface area contributed by atoms with Gasteiger partial charge < -0.3 is 0 Å². The largest absolute Gasteiger partial charge is 0.300 e. The number of nitrogens with zero attached hydrogens (tertiary/aromatic N) is 4. The van der Waals surface area contributed by atoms with Gasteiger partial charge in [0.05, 0.1) is 11.7 Å². The molecule has 15 heavy (non-hydrogen) atoms. The molecule has 0 aliphatic rings. The van der Waals surface area contributed by atoms with Crippen LogP contribution in [0.15, 0.2) is 41.8 Å². The Balaban J connectivity index is 2.76. The zero-order valence-corrected chi connectivity index (χ0v) is 7.66. The highest BCUT2D eigenvalue weighted by Crippen LogP contribution is 2.07. The monoisotopic (exact) mass is 198 g/mol. The summed E-state index contributed by atoms with van der Waals surface area (Å²) in [6, 6.07) is 3.75. The third-order valence-electron chi connectivity index (χ3n) is 2.24. The minimum atomic E-state index is -0.311. The summed E-state index contributed by atoms with van der Waals surface area (Å²) in [6.07, 6.45) is 6.27. The van der Waals surface area contributed by atoms with Gasteiger partial charge in [-0.3, -0.25) is 9.20 Å². The van der Waals surface area contributed by atoms with Gasteiger partial charge in [-0.05, 0) is 12.1 Å². The van der Waals surface area contributed by atoms with Gasteiger partial charge in [-0.25, -0.2) is 15.0 Å². The summed E-state index contributed by atoms with van der Waals surface area (Å²) in [4.78, 5) is 23.3. The molecule has 3 aromatic rings. The van der Waals surface area contributed by atoms with Crippen LogP contribution in [0.3, 0.4) is 0 Å². The van der Waals surface area contributed by atoms with Gasteiger partial charge in [-0.15, -0.1) is 0 Å². The summed E-state index contributed by atoms with van der Waals surface area (Å²) in [6.45, 7) is 0. The Hall–Kier alpha value is -2.30. The van der Waals surface area contributed by atoms with Crippen molar-refractivity contribution in [1.82, 2.24) is 19.4 Å². The second kappa shape index (κ2) is 2.84. The first-order chi connectivity index (χ1) is 7.36. The summed E-state index contributed by atoms with van der Waals surface area (Å²) in [7, 11) is 0. The number of hydrogen-bond acceptors (Lipinski definition) is 4. The molecule has 3 aromatic heterocycles. The third kappa shape index (κ3) is 1.10. The van der Waals surface area contributed by atoms with E-state index >= 15 is 0 Å². The molecule has 3 rings (SSSR count). The minimum Gasteiger partial charge on any atom is -0.300 e. The van der Waals surface area contributed by atoms with Crippen molar-refractivity contribution >= 4 is 16.6 Å². The Morgan fingerprint density at radius 1 is 1.20 bits per heavy atom. The van der Waals surface area contributed by atoms with E-state index in [1.54, 1.807) is 0 Å². The van der Waals surface area contributed by atoms with Crippen LogP contribution in [-0.2, 0) is 0 Å². The average Bonchev–Trinajstić information content (AvgIpc) is 2.69. The van der Waals surface area contributed by atoms with Crippen LogP contribution in [0.5, 0.6) is 0 Å². The summed E-state index contributed by atoms with van der Waals surface area (Å²) in [5.74, 6) is 0. The zero-order valence-electron chi connectivity index (χ0n) is 7.66. The summed E-state index contributed by atoms with van der Waals surface area (Å²) < 4.78 is 1.81. The van der Waals surface area contributed by atoms with E-state index in [0.717, 1.165) is 5.52 Å². The van der Waals surface area contributed by atoms with Crippen LogP contribution in [-0.4, -0.2) is 19.4 Å². The van der Waals surface area contributed by atoms with Crippen LogP contribution in [0.25, 0.3) is 16.6 Å². The Labute approximate surface area is 84.1 Å². The van der Waals surface area contributed by atoms with Gasteiger partial charge >= 0.3 is 0 Å². The van der Waals surface area contributed by atoms with Crippen molar-refractivity contribution in [3.63, 3.8) is 0 Å². The fraction of sp³-hybridized carbons (Fsp3) is 0. The molecule has 0 unspecified atom stereocenters. The van der Waals surface area contributed by atoms with Crippen molar-refractivity contribution in [3.05, 3.63) is 47.4 Å². The average molecular weight is 198 g/mol. The van der Waals surface area contributed by atoms with Gasteiger partial charge in [0.25, 0.3) is 5.56 Å². The molecule has 0 aliphatic carbocycles. The van der Waals surface area contributed by atoms with Crippen LogP contribution in [0.1, 0.15) is 0 Å². The topological polar surface area (TPSA) is 60.2 Å². The minimum absolute atomic E-state index is 0.311. The number of hydrogen-bond donors (Lipinski definition) is 0. The lowest BCUT2D eigenvalue weighted by molar-refractivity contribution is 1.15. The molecule has 0 N–H and O–H groups in total. The van der Waals surface area contributed by atoms with Crippen LogP contribution in [0.4, 0.5) is 0 Å². The Bertz CT molecular complexity index is 704. The standard InChI is InChI=1S/C10H6N4O/c15-10-8-5-11-6-13-9(8)14-3-1-2-7(14)4-12-10/h1-6H. The molecule has 0 bridgehead atoms. The quantitative estimate of drug-likeness (QED) is 0.531. The van der Waals surface area contributed by atoms with E-state index in [2.05, 4.69) is 15.0 Å². The van der Waals surface area contributed by atoms with Crippen molar-refractivity contribution in [2.24, 2.45) is 0 Å². The maximum atomic E-state index is 11.6. The molecule has 5 heteroatoms. The lowest BCUT2D eigenvalue weighted by Gasteiger charge is -1.92. The van der Waals surface area contributed by atoms with Crippen molar-refractivity contribution in [1.29, 1.82) is 0 Å². The molecule has 0 aliphatic heterocycles. The number of fused-ring (bicyclic) bond motifs is 3. The van der Waals surface area contributed by atoms with Crippen LogP contribution < -0.4 is 5.56 Å². The van der Waals surface area contributed by atoms with Gasteiger partial charge in [-0.2, -0.15) is 0 Å². The molecule has 0 spiro atoms. The molecule has 5 nitrogen and oxygen atoms in total. The molecule has 72 valence electrons. The first kappa shape index (κ1) is 8.05. The number of rotatable bonds is 0. The molecule has 0 aromatic carbocycles. The van der Waals surface area contributed by atoms with E-state index in [0.29, 0.717) is 11.0 Å². The van der Waals surface area contributed by atoms with Crippen LogP contribution in [0, 0.1) is 0 Å². The summed E-state index contributed by atoms with van der Waals surface area (Å²) >= 11 is 0. The Kier molecular flexibility index (Phi) is 1.53. The molecule has 0 amide bonds. The van der Waals surface area contributed by atoms with E-state index in [1.165, 1.54) is 18.7 Å². The van der Waals surface area contributed by atoms with E-state index in [1.807, 2.05) is 22.7 Å². The first-order valence-electron chi connectivity index (χ1n) is 4.42. The van der Waals surface area contributed by atoms with Crippen LogP contribution in [0.2, 0.25) is 0 Å². The number of aromatic nitrogens is 4. The van der Waals surface area contributed by atoms with E-state index in [4.69, 9.17) is 0 Å². The van der Waals surface area contributed by atoms with Crippen molar-refractivity contribution in [3.8, 4) is 0 Å². The van der Waals surface area contributed by atoms with Gasteiger partial charge in [0.1, 0.15) is 11.7 Å². The molecular formula is C10H6N4O. The van der Waals surface area contributed by atoms with Gasteiger partial charge in [0, 0.05) is 12.4 Å². The highest BCUT2D eigenvalue weighted by molar-refractivity contribution is 5.74. The summed E-state index contributed by atoms with van der Waals surface area (Å²) in [5, 5.41) is 0.420. The first-order valence-corrected chi connectivity index (χ1v) is 4.42. The normalized spacial score (nSPS) is 10.9. The van der Waals surface area contributed by atoms with Crippen LogP contribution >= 0.6 is 0 Å². The fourth-order valence-corrected chi connectivity index (χ4v) is 1.55. The predicted octanol–water partition coefficient (Wildman–Crippen LogP) is 0.638. The maximum absolute atomic E-state index is 11.6. The van der Waals surface area contributed by atoms with Gasteiger partial charge in [-0.1, -0.05) is 0 Å². The van der Waals surface area contributed by atoms with Crippen molar-refractivity contribution < 1.29 is 0 Å². The predicted molar refractivity (Wildman–Crippen MR) is 54.6 cm³/mol. The van der Waals surface area contributed by atoms with Gasteiger partial charge in [0.2, 0.25) is 0 Å². The molecule has 0 fully saturated rings. The van der Waals surface area contributed by atoms with E-state index in [9.17, 15) is 4.79 Å². The second-order valence-corrected chi connectivity index (χ2v) is 3.13. The highest BCUT2D eigenvalue weighted by atomic mass is 16.1. The second-order valence-electron chi connectivity index (χ2n) is 3.13. The van der Waals surface area contributed by atoms with E-state index < -0.39 is 0 Å². The molecule has 0 atom stereocenters. The molecular weight excluding hydrogens is 192 g/mol. The third-order valence-corrected chi connectivity index (χ3v) is 2.24. The summed E-state index contributed by atoms with van der Waals surface area (Å²) in [5.41, 5.74) is 1.10. The lowest BCUT2D eigenvalue weighted by Crippen LogP contribution is -2.02. The fourth-order valence-electron chi connectivity index (χ4n) is 1.55.